The molecule has 0 saturated carbocycles. The van der Waals surface area contributed by atoms with Gasteiger partial charge < -0.3 is 9.15 Å². The zero-order chi connectivity index (χ0) is 18.0. The van der Waals surface area contributed by atoms with Crippen molar-refractivity contribution >= 4 is 5.97 Å². The van der Waals surface area contributed by atoms with Gasteiger partial charge in [-0.3, -0.25) is 0 Å². The minimum atomic E-state index is -0.747. The molecule has 25 heavy (non-hydrogen) atoms. The average molecular weight is 340 g/mol. The Kier molecular flexibility index (Phi) is 4.61. The van der Waals surface area contributed by atoms with Crippen molar-refractivity contribution in [3.05, 3.63) is 70.9 Å². The second-order valence-corrected chi connectivity index (χ2v) is 5.82. The molecule has 3 aromatic rings. The largest absolute Gasteiger partial charge is 0.449 e. The molecule has 0 saturated heterocycles. The molecule has 0 bridgehead atoms. The highest BCUT2D eigenvalue weighted by molar-refractivity contribution is 5.89. The lowest BCUT2D eigenvalue weighted by Crippen LogP contribution is -2.10. The van der Waals surface area contributed by atoms with Gasteiger partial charge in [-0.1, -0.05) is 23.8 Å². The van der Waals surface area contributed by atoms with Gasteiger partial charge in [0.25, 0.3) is 5.89 Å². The molecule has 0 amide bonds. The molecule has 2 aromatic carbocycles. The molecular weight excluding hydrogens is 323 g/mol. The molecule has 0 N–H and O–H groups in total. The second-order valence-electron chi connectivity index (χ2n) is 5.82. The molecule has 0 spiro atoms. The van der Waals surface area contributed by atoms with E-state index in [-0.39, 0.29) is 11.5 Å². The second kappa shape index (κ2) is 6.84. The van der Waals surface area contributed by atoms with Crippen LogP contribution < -0.4 is 0 Å². The number of aromatic nitrogens is 2. The quantitative estimate of drug-likeness (QED) is 0.658. The van der Waals surface area contributed by atoms with Gasteiger partial charge in [0.15, 0.2) is 6.10 Å². The Morgan fingerprint density at radius 3 is 2.52 bits per heavy atom. The molecule has 3 rings (SSSR count). The van der Waals surface area contributed by atoms with Gasteiger partial charge in [-0.2, -0.15) is 0 Å². The highest BCUT2D eigenvalue weighted by atomic mass is 19.1. The van der Waals surface area contributed by atoms with Gasteiger partial charge in [-0.25, -0.2) is 9.18 Å². The Morgan fingerprint density at radius 2 is 1.84 bits per heavy atom. The Hall–Kier alpha value is -3.02. The molecule has 1 aromatic heterocycles. The molecule has 0 unspecified atom stereocenters. The van der Waals surface area contributed by atoms with Crippen LogP contribution >= 0.6 is 0 Å². The van der Waals surface area contributed by atoms with Gasteiger partial charge in [-0.15, -0.1) is 10.2 Å². The van der Waals surface area contributed by atoms with E-state index in [0.717, 1.165) is 17.2 Å². The third kappa shape index (κ3) is 3.74. The first-order chi connectivity index (χ1) is 11.9. The number of hydrogen-bond donors (Lipinski definition) is 0. The van der Waals surface area contributed by atoms with Gasteiger partial charge in [0.1, 0.15) is 5.82 Å². The molecule has 1 heterocycles. The summed E-state index contributed by atoms with van der Waals surface area (Å²) in [4.78, 5) is 12.1. The van der Waals surface area contributed by atoms with Crippen LogP contribution in [0.4, 0.5) is 4.39 Å². The molecule has 6 heteroatoms. The summed E-state index contributed by atoms with van der Waals surface area (Å²) in [5.41, 5.74) is 2.50. The average Bonchev–Trinajstić information content (AvgIpc) is 3.08. The van der Waals surface area contributed by atoms with E-state index in [1.54, 1.807) is 13.8 Å². The van der Waals surface area contributed by atoms with Crippen molar-refractivity contribution in [3.8, 4) is 11.5 Å². The maximum atomic E-state index is 13.6. The first kappa shape index (κ1) is 16.8. The molecular formula is C19H17FN2O3. The van der Waals surface area contributed by atoms with E-state index >= 15 is 0 Å². The van der Waals surface area contributed by atoms with Gasteiger partial charge in [0.2, 0.25) is 5.89 Å². The van der Waals surface area contributed by atoms with Gasteiger partial charge >= 0.3 is 5.97 Å². The molecule has 128 valence electrons. The van der Waals surface area contributed by atoms with Crippen molar-refractivity contribution in [2.75, 3.05) is 0 Å². The monoisotopic (exact) mass is 340 g/mol. The maximum Gasteiger partial charge on any atom is 0.339 e. The number of benzene rings is 2. The summed E-state index contributed by atoms with van der Waals surface area (Å²) >= 11 is 0. The zero-order valence-corrected chi connectivity index (χ0v) is 14.1. The van der Waals surface area contributed by atoms with Gasteiger partial charge in [0, 0.05) is 5.56 Å². The predicted molar refractivity (Wildman–Crippen MR) is 89.4 cm³/mol. The number of carbonyl (C=O) groups excluding carboxylic acids is 1. The number of carbonyl (C=O) groups is 1. The summed E-state index contributed by atoms with van der Waals surface area (Å²) in [6, 6.07) is 11.8. The first-order valence-corrected chi connectivity index (χ1v) is 7.81. The van der Waals surface area contributed by atoms with Crippen LogP contribution in [0, 0.1) is 19.7 Å². The molecule has 0 radical (unpaired) electrons. The van der Waals surface area contributed by atoms with E-state index in [1.165, 1.54) is 12.1 Å². The van der Waals surface area contributed by atoms with Gasteiger partial charge in [0.05, 0.1) is 5.56 Å². The van der Waals surface area contributed by atoms with Crippen molar-refractivity contribution in [1.82, 2.24) is 10.2 Å². The van der Waals surface area contributed by atoms with Crippen molar-refractivity contribution in [3.63, 3.8) is 0 Å². The summed E-state index contributed by atoms with van der Waals surface area (Å²) < 4.78 is 24.4. The summed E-state index contributed by atoms with van der Waals surface area (Å²) in [5, 5.41) is 7.90. The molecule has 0 fully saturated rings. The van der Waals surface area contributed by atoms with Crippen LogP contribution in [0.1, 0.15) is 40.4 Å². The number of hydrogen-bond acceptors (Lipinski definition) is 5. The van der Waals surface area contributed by atoms with Crippen LogP contribution in [0.2, 0.25) is 0 Å². The number of esters is 1. The van der Waals surface area contributed by atoms with Crippen LogP contribution in [0.5, 0.6) is 0 Å². The summed E-state index contributed by atoms with van der Waals surface area (Å²) in [6.45, 7) is 5.23. The lowest BCUT2D eigenvalue weighted by molar-refractivity contribution is 0.0279. The number of ether oxygens (including phenoxy) is 1. The lowest BCUT2D eigenvalue weighted by atomic mass is 10.1. The van der Waals surface area contributed by atoms with Crippen LogP contribution in [0.3, 0.4) is 0 Å². The fourth-order valence-corrected chi connectivity index (χ4v) is 2.21. The summed E-state index contributed by atoms with van der Waals surface area (Å²) in [5.74, 6) is -0.584. The smallest absolute Gasteiger partial charge is 0.339 e. The number of nitrogens with zero attached hydrogens (tertiary/aromatic N) is 2. The maximum absolute atomic E-state index is 13.6. The standard InChI is InChI=1S/C19H17FN2O3/c1-11-4-7-14(8-5-11)18-22-21-17(25-18)13(3)24-19(23)15-9-6-12(2)16(20)10-15/h4-10,13H,1-3H3/t13-/m1/s1. The fraction of sp³-hybridized carbons (Fsp3) is 0.211. The third-order valence-electron chi connectivity index (χ3n) is 3.78. The van der Waals surface area contributed by atoms with Crippen LogP contribution in [0.15, 0.2) is 46.9 Å². The predicted octanol–water partition coefficient (Wildman–Crippen LogP) is 4.41. The Bertz CT molecular complexity index is 903. The van der Waals surface area contributed by atoms with Crippen molar-refractivity contribution in [2.24, 2.45) is 0 Å². The topological polar surface area (TPSA) is 65.2 Å². The van der Waals surface area contributed by atoms with Crippen molar-refractivity contribution < 1.29 is 18.3 Å². The Balaban J connectivity index is 1.73. The molecule has 0 aliphatic carbocycles. The van der Waals surface area contributed by atoms with Crippen molar-refractivity contribution in [2.45, 2.75) is 26.9 Å². The van der Waals surface area contributed by atoms with E-state index < -0.39 is 17.9 Å². The lowest BCUT2D eigenvalue weighted by Gasteiger charge is -2.09. The summed E-state index contributed by atoms with van der Waals surface area (Å²) in [6.07, 6.45) is -0.747. The number of rotatable bonds is 4. The molecule has 0 aliphatic heterocycles. The van der Waals surface area contributed by atoms with Crippen LogP contribution in [-0.4, -0.2) is 16.2 Å². The van der Waals surface area contributed by atoms with Crippen LogP contribution in [-0.2, 0) is 4.74 Å². The Labute approximate surface area is 144 Å². The van der Waals surface area contributed by atoms with Crippen molar-refractivity contribution in [1.29, 1.82) is 0 Å². The number of aryl methyl sites for hydroxylation is 2. The first-order valence-electron chi connectivity index (χ1n) is 7.81. The summed E-state index contributed by atoms with van der Waals surface area (Å²) in [7, 11) is 0. The van der Waals surface area contributed by atoms with Gasteiger partial charge in [-0.05, 0) is 50.6 Å². The van der Waals surface area contributed by atoms with E-state index in [4.69, 9.17) is 9.15 Å². The minimum absolute atomic E-state index is 0.133. The van der Waals surface area contributed by atoms with E-state index in [9.17, 15) is 9.18 Å². The highest BCUT2D eigenvalue weighted by Crippen LogP contribution is 2.23. The fourth-order valence-electron chi connectivity index (χ4n) is 2.21. The normalized spacial score (nSPS) is 12.0. The molecule has 5 nitrogen and oxygen atoms in total. The zero-order valence-electron chi connectivity index (χ0n) is 14.1. The number of halogens is 1. The third-order valence-corrected chi connectivity index (χ3v) is 3.78. The van der Waals surface area contributed by atoms with E-state index in [2.05, 4.69) is 10.2 Å². The minimum Gasteiger partial charge on any atom is -0.449 e. The molecule has 1 atom stereocenters. The Morgan fingerprint density at radius 1 is 1.12 bits per heavy atom. The SMILES string of the molecule is Cc1ccc(-c2nnc([C@@H](C)OC(=O)c3ccc(C)c(F)c3)o2)cc1. The molecule has 0 aliphatic rings. The van der Waals surface area contributed by atoms with E-state index in [1.807, 2.05) is 31.2 Å². The van der Waals surface area contributed by atoms with Crippen LogP contribution in [0.25, 0.3) is 11.5 Å². The van der Waals surface area contributed by atoms with E-state index in [0.29, 0.717) is 11.5 Å². The highest BCUT2D eigenvalue weighted by Gasteiger charge is 2.20.